The van der Waals surface area contributed by atoms with Crippen LogP contribution in [0.1, 0.15) is 5.56 Å². The summed E-state index contributed by atoms with van der Waals surface area (Å²) < 4.78 is 27.6. The molecule has 2 N–H and O–H groups in total. The molecule has 0 unspecified atom stereocenters. The molecule has 0 radical (unpaired) electrons. The second-order valence-corrected chi connectivity index (χ2v) is 3.68. The quantitative estimate of drug-likeness (QED) is 0.843. The van der Waals surface area contributed by atoms with E-state index in [0.717, 1.165) is 6.07 Å². The second-order valence-electron chi connectivity index (χ2n) is 3.68. The van der Waals surface area contributed by atoms with Crippen molar-refractivity contribution >= 4 is 12.3 Å². The molecule has 0 saturated heterocycles. The molecule has 5 heteroatoms. The molecule has 92 valence electrons. The predicted molar refractivity (Wildman–Crippen MR) is 63.5 cm³/mol. The van der Waals surface area contributed by atoms with E-state index in [4.69, 9.17) is 5.41 Å². The summed E-state index contributed by atoms with van der Waals surface area (Å²) in [7, 11) is 0. The van der Waals surface area contributed by atoms with Crippen LogP contribution in [0.5, 0.6) is 5.75 Å². The van der Waals surface area contributed by atoms with Gasteiger partial charge in [-0.15, -0.1) is 0 Å². The third-order valence-corrected chi connectivity index (χ3v) is 2.34. The van der Waals surface area contributed by atoms with E-state index >= 15 is 0 Å². The van der Waals surface area contributed by atoms with Crippen molar-refractivity contribution in [3.8, 4) is 5.75 Å². The number of hydrogen-bond acceptors (Lipinski definition) is 2. The molecule has 0 aliphatic carbocycles. The summed E-state index contributed by atoms with van der Waals surface area (Å²) in [6, 6.07) is 4.79. The zero-order valence-electron chi connectivity index (χ0n) is 9.27. The number of benzene rings is 1. The Bertz CT molecular complexity index is 642. The van der Waals surface area contributed by atoms with E-state index in [2.05, 4.69) is 0 Å². The van der Waals surface area contributed by atoms with Crippen molar-refractivity contribution in [3.63, 3.8) is 0 Å². The molecule has 1 heterocycles. The van der Waals surface area contributed by atoms with Gasteiger partial charge in [-0.2, -0.15) is 0 Å². The van der Waals surface area contributed by atoms with Crippen LogP contribution in [0.25, 0.3) is 12.3 Å². The molecule has 0 bridgehead atoms. The smallest absolute Gasteiger partial charge is 0.168 e. The van der Waals surface area contributed by atoms with Crippen LogP contribution >= 0.6 is 0 Å². The zero-order chi connectivity index (χ0) is 13.1. The normalized spacial score (nSPS) is 11.0. The Morgan fingerprint density at radius 3 is 2.50 bits per heavy atom. The van der Waals surface area contributed by atoms with Gasteiger partial charge in [0.05, 0.1) is 5.36 Å². The Balaban J connectivity index is 2.34. The largest absolute Gasteiger partial charge is 0.504 e. The van der Waals surface area contributed by atoms with Gasteiger partial charge in [-0.25, -0.2) is 8.78 Å². The molecule has 0 aliphatic heterocycles. The van der Waals surface area contributed by atoms with Gasteiger partial charge in [-0.05, 0) is 24.3 Å². The minimum atomic E-state index is -0.999. The lowest BCUT2D eigenvalue weighted by atomic mass is 10.2. The molecule has 0 spiro atoms. The highest BCUT2D eigenvalue weighted by molar-refractivity contribution is 5.65. The van der Waals surface area contributed by atoms with Gasteiger partial charge in [0.25, 0.3) is 0 Å². The number of pyridine rings is 1. The van der Waals surface area contributed by atoms with Crippen LogP contribution in [-0.4, -0.2) is 9.67 Å². The van der Waals surface area contributed by atoms with E-state index in [1.165, 1.54) is 12.3 Å². The maximum Gasteiger partial charge on any atom is 0.168 e. The Labute approximate surface area is 102 Å². The van der Waals surface area contributed by atoms with Crippen LogP contribution in [0, 0.1) is 17.0 Å². The van der Waals surface area contributed by atoms with Gasteiger partial charge in [-0.3, -0.25) is 0 Å². The Morgan fingerprint density at radius 2 is 1.83 bits per heavy atom. The molecule has 0 atom stereocenters. The minimum absolute atomic E-state index is 0.0509. The summed E-state index contributed by atoms with van der Waals surface area (Å²) in [6.45, 7) is 0. The zero-order valence-corrected chi connectivity index (χ0v) is 9.27. The molecular weight excluding hydrogens is 238 g/mol. The van der Waals surface area contributed by atoms with Crippen LogP contribution < -0.4 is 5.36 Å². The number of phenols is 1. The summed E-state index contributed by atoms with van der Waals surface area (Å²) in [5, 5.41) is 17.1. The van der Waals surface area contributed by atoms with E-state index in [0.29, 0.717) is 11.4 Å². The maximum absolute atomic E-state index is 13.1. The fraction of sp³-hybridized carbons (Fsp3) is 0. The first-order valence-corrected chi connectivity index (χ1v) is 5.15. The standard InChI is InChI=1S/C13H10F2N2O/c14-10-7-9(13(18)12(15)8-10)1-4-17-5-2-11(16)3-6-17/h1-8,16,18H/b4-1+. The average Bonchev–Trinajstić information content (AvgIpc) is 2.34. The highest BCUT2D eigenvalue weighted by Gasteiger charge is 2.07. The van der Waals surface area contributed by atoms with Crippen LogP contribution in [0.15, 0.2) is 36.7 Å². The molecule has 1 aromatic carbocycles. The highest BCUT2D eigenvalue weighted by Crippen LogP contribution is 2.23. The van der Waals surface area contributed by atoms with Gasteiger partial charge >= 0.3 is 0 Å². The molecule has 0 fully saturated rings. The Morgan fingerprint density at radius 1 is 1.17 bits per heavy atom. The number of nitrogens with one attached hydrogen (secondary N) is 1. The Kier molecular flexibility index (Phi) is 3.23. The topological polar surface area (TPSA) is 49.0 Å². The summed E-state index contributed by atoms with van der Waals surface area (Å²) in [5.41, 5.74) is 0.0509. The van der Waals surface area contributed by atoms with Gasteiger partial charge in [0, 0.05) is 30.2 Å². The average molecular weight is 248 g/mol. The van der Waals surface area contributed by atoms with Crippen LogP contribution in [0.4, 0.5) is 8.78 Å². The molecule has 1 aromatic heterocycles. The van der Waals surface area contributed by atoms with Crippen molar-refractivity contribution in [2.75, 3.05) is 0 Å². The summed E-state index contributed by atoms with van der Waals surface area (Å²) in [6.07, 6.45) is 6.13. The number of halogens is 2. The molecule has 2 rings (SSSR count). The maximum atomic E-state index is 13.1. The first kappa shape index (κ1) is 12.0. The second kappa shape index (κ2) is 4.83. The number of phenolic OH excluding ortho intramolecular Hbond substituents is 1. The summed E-state index contributed by atoms with van der Waals surface area (Å²) in [4.78, 5) is 0. The molecule has 0 amide bonds. The lowest BCUT2D eigenvalue weighted by molar-refractivity contribution is 0.426. The van der Waals surface area contributed by atoms with Crippen LogP contribution in [0.3, 0.4) is 0 Å². The van der Waals surface area contributed by atoms with E-state index in [1.807, 2.05) is 0 Å². The van der Waals surface area contributed by atoms with Crippen LogP contribution in [-0.2, 0) is 0 Å². The summed E-state index contributed by atoms with van der Waals surface area (Å²) >= 11 is 0. The first-order valence-electron chi connectivity index (χ1n) is 5.15. The van der Waals surface area contributed by atoms with Gasteiger partial charge in [0.2, 0.25) is 0 Å². The fourth-order valence-corrected chi connectivity index (χ4v) is 1.42. The highest BCUT2D eigenvalue weighted by atomic mass is 19.1. The van der Waals surface area contributed by atoms with Crippen molar-refractivity contribution in [2.24, 2.45) is 0 Å². The van der Waals surface area contributed by atoms with E-state index in [9.17, 15) is 13.9 Å². The third kappa shape index (κ3) is 2.63. The molecular formula is C13H10F2N2O. The number of nitrogens with zero attached hydrogens (tertiary/aromatic N) is 1. The molecule has 3 nitrogen and oxygen atoms in total. The molecule has 2 aromatic rings. The first-order chi connectivity index (χ1) is 8.56. The van der Waals surface area contributed by atoms with Crippen LogP contribution in [0.2, 0.25) is 0 Å². The SMILES string of the molecule is N=c1ccn(/C=C/c2cc(F)cc(F)c2O)cc1. The molecule has 0 aliphatic rings. The van der Waals surface area contributed by atoms with Gasteiger partial charge in [0.1, 0.15) is 5.82 Å². The van der Waals surface area contributed by atoms with Gasteiger partial charge in [0.15, 0.2) is 11.6 Å². The van der Waals surface area contributed by atoms with Crippen molar-refractivity contribution in [3.05, 3.63) is 59.2 Å². The predicted octanol–water partition coefficient (Wildman–Crippen LogP) is 2.58. The van der Waals surface area contributed by atoms with Crippen molar-refractivity contribution < 1.29 is 13.9 Å². The van der Waals surface area contributed by atoms with E-state index < -0.39 is 17.4 Å². The number of aromatic nitrogens is 1. The lowest BCUT2D eigenvalue weighted by Gasteiger charge is -2.02. The lowest BCUT2D eigenvalue weighted by Crippen LogP contribution is -1.98. The Hall–Kier alpha value is -2.43. The minimum Gasteiger partial charge on any atom is -0.504 e. The molecule has 18 heavy (non-hydrogen) atoms. The van der Waals surface area contributed by atoms with E-state index in [1.54, 1.807) is 29.1 Å². The van der Waals surface area contributed by atoms with Crippen molar-refractivity contribution in [2.45, 2.75) is 0 Å². The monoisotopic (exact) mass is 248 g/mol. The fourth-order valence-electron chi connectivity index (χ4n) is 1.42. The van der Waals surface area contributed by atoms with Crippen molar-refractivity contribution in [1.29, 1.82) is 5.41 Å². The summed E-state index contributed by atoms with van der Waals surface area (Å²) in [5.74, 6) is -2.34. The number of hydrogen-bond donors (Lipinski definition) is 2. The number of aromatic hydroxyl groups is 1. The van der Waals surface area contributed by atoms with E-state index in [-0.39, 0.29) is 5.56 Å². The number of rotatable bonds is 2. The van der Waals surface area contributed by atoms with Gasteiger partial charge in [-0.1, -0.05) is 0 Å². The van der Waals surface area contributed by atoms with Crippen molar-refractivity contribution in [1.82, 2.24) is 4.57 Å². The molecule has 0 saturated carbocycles. The van der Waals surface area contributed by atoms with Gasteiger partial charge < -0.3 is 15.1 Å². The third-order valence-electron chi connectivity index (χ3n) is 2.34.